The minimum absolute atomic E-state index is 0.365. The smallest absolute Gasteiger partial charge is 0.212 e. The van der Waals surface area contributed by atoms with Crippen LogP contribution in [0.2, 0.25) is 5.31 Å². The van der Waals surface area contributed by atoms with Gasteiger partial charge in [0.05, 0.1) is 11.3 Å². The van der Waals surface area contributed by atoms with Gasteiger partial charge in [0.25, 0.3) is 0 Å². The zero-order valence-corrected chi connectivity index (χ0v) is 9.74. The van der Waals surface area contributed by atoms with Crippen molar-refractivity contribution in [2.75, 3.05) is 0 Å². The summed E-state index contributed by atoms with van der Waals surface area (Å²) in [5, 5.41) is 8.11. The van der Waals surface area contributed by atoms with E-state index in [4.69, 9.17) is 15.9 Å². The Hall–Kier alpha value is -0.205. The molecule has 1 aliphatic rings. The van der Waals surface area contributed by atoms with Crippen molar-refractivity contribution in [1.29, 1.82) is 5.26 Å². The zero-order chi connectivity index (χ0) is 10.8. The quantitative estimate of drug-likeness (QED) is 0.388. The summed E-state index contributed by atoms with van der Waals surface area (Å²) in [6.45, 7) is 0. The van der Waals surface area contributed by atoms with Crippen LogP contribution in [0.1, 0.15) is 32.1 Å². The van der Waals surface area contributed by atoms with Crippen molar-refractivity contribution < 1.29 is 8.42 Å². The first-order chi connectivity index (χ1) is 6.37. The van der Waals surface area contributed by atoms with Crippen LogP contribution in [0.4, 0.5) is 0 Å². The van der Waals surface area contributed by atoms with Gasteiger partial charge in [-0.2, -0.15) is 5.26 Å². The Bertz CT molecular complexity index is 351. The molecule has 0 spiro atoms. The average Bonchev–Trinajstić information content (AvgIpc) is 2.27. The highest BCUT2D eigenvalue weighted by Crippen LogP contribution is 2.39. The zero-order valence-electron chi connectivity index (χ0n) is 8.16. The van der Waals surface area contributed by atoms with E-state index in [9.17, 15) is 8.42 Å². The molecule has 1 saturated carbocycles. The Morgan fingerprint density at radius 1 is 1.43 bits per heavy atom. The third kappa shape index (κ3) is 2.89. The van der Waals surface area contributed by atoms with Gasteiger partial charge in [0.1, 0.15) is 7.85 Å². The van der Waals surface area contributed by atoms with Crippen LogP contribution in [0.25, 0.3) is 0 Å². The van der Waals surface area contributed by atoms with Gasteiger partial charge in [-0.05, 0) is 25.7 Å². The Morgan fingerprint density at radius 2 is 2.07 bits per heavy atom. The van der Waals surface area contributed by atoms with Gasteiger partial charge in [-0.25, -0.2) is 8.42 Å². The highest BCUT2D eigenvalue weighted by Gasteiger charge is 2.32. The molecule has 6 heteroatoms. The van der Waals surface area contributed by atoms with Crippen molar-refractivity contribution in [3.63, 3.8) is 0 Å². The molecule has 78 valence electrons. The minimum atomic E-state index is -3.44. The lowest BCUT2D eigenvalue weighted by molar-refractivity contribution is 0.573. The van der Waals surface area contributed by atoms with Crippen molar-refractivity contribution in [2.24, 2.45) is 0 Å². The first kappa shape index (κ1) is 11.9. The van der Waals surface area contributed by atoms with Crippen LogP contribution in [0.15, 0.2) is 0 Å². The molecule has 0 N–H and O–H groups in total. The maximum absolute atomic E-state index is 11.1. The van der Waals surface area contributed by atoms with E-state index >= 15 is 0 Å². The maximum Gasteiger partial charge on any atom is 0.235 e. The molecule has 1 fully saturated rings. The number of rotatable bonds is 1. The van der Waals surface area contributed by atoms with E-state index in [0.717, 1.165) is 12.8 Å². The lowest BCUT2D eigenvalue weighted by Gasteiger charge is -2.17. The third-order valence-electron chi connectivity index (χ3n) is 2.94. The Balaban J connectivity index is 2.73. The second-order valence-electron chi connectivity index (χ2n) is 4.20. The monoisotopic (exact) mass is 233 g/mol. The normalized spacial score (nSPS) is 34.4. The highest BCUT2D eigenvalue weighted by atomic mass is 35.7. The molecule has 0 amide bonds. The van der Waals surface area contributed by atoms with Gasteiger partial charge in [-0.1, -0.05) is 6.42 Å². The molecule has 0 aromatic rings. The molecule has 0 aliphatic heterocycles. The third-order valence-corrected chi connectivity index (χ3v) is 4.96. The predicted molar refractivity (Wildman–Crippen MR) is 58.5 cm³/mol. The lowest BCUT2D eigenvalue weighted by Crippen LogP contribution is -2.15. The molecule has 0 radical (unpaired) electrons. The van der Waals surface area contributed by atoms with E-state index in [1.54, 1.807) is 0 Å². The molecule has 0 aromatic carbocycles. The summed E-state index contributed by atoms with van der Waals surface area (Å²) in [4.78, 5) is 0. The van der Waals surface area contributed by atoms with Gasteiger partial charge in [0.15, 0.2) is 0 Å². The summed E-state index contributed by atoms with van der Waals surface area (Å²) < 4.78 is 22.2. The minimum Gasteiger partial charge on any atom is -0.212 e. The molecule has 0 saturated heterocycles. The van der Waals surface area contributed by atoms with Crippen LogP contribution < -0.4 is 0 Å². The van der Waals surface area contributed by atoms with Gasteiger partial charge in [-0.15, -0.1) is 0 Å². The van der Waals surface area contributed by atoms with Crippen molar-refractivity contribution >= 4 is 27.6 Å². The summed E-state index contributed by atoms with van der Waals surface area (Å²) in [5.41, 5.74) is 0. The van der Waals surface area contributed by atoms with Gasteiger partial charge in [0.2, 0.25) is 9.05 Å². The largest absolute Gasteiger partial charge is 0.235 e. The molecule has 0 heterocycles. The van der Waals surface area contributed by atoms with Crippen LogP contribution >= 0.6 is 10.7 Å². The van der Waals surface area contributed by atoms with Crippen LogP contribution in [0.5, 0.6) is 0 Å². The average molecular weight is 234 g/mol. The summed E-state index contributed by atoms with van der Waals surface area (Å²) in [7, 11) is 3.75. The number of nitrogens with zero attached hydrogens (tertiary/aromatic N) is 1. The van der Waals surface area contributed by atoms with Crippen LogP contribution in [-0.4, -0.2) is 21.5 Å². The Kier molecular flexibility index (Phi) is 3.49. The van der Waals surface area contributed by atoms with Gasteiger partial charge in [0, 0.05) is 16.0 Å². The van der Waals surface area contributed by atoms with Crippen LogP contribution in [0, 0.1) is 11.3 Å². The number of nitriles is 1. The fourth-order valence-electron chi connectivity index (χ4n) is 1.86. The van der Waals surface area contributed by atoms with E-state index in [1.807, 2.05) is 7.85 Å². The number of hydrogen-bond donors (Lipinski definition) is 0. The van der Waals surface area contributed by atoms with E-state index in [0.29, 0.717) is 19.3 Å². The molecule has 1 rings (SSSR count). The van der Waals surface area contributed by atoms with Gasteiger partial charge in [-0.3, -0.25) is 0 Å². The summed E-state index contributed by atoms with van der Waals surface area (Å²) in [5.74, 6) is 0. The summed E-state index contributed by atoms with van der Waals surface area (Å²) in [6, 6.07) is 2.25. The molecule has 2 unspecified atom stereocenters. The maximum atomic E-state index is 11.1. The second kappa shape index (κ2) is 4.12. The van der Waals surface area contributed by atoms with Crippen molar-refractivity contribution in [2.45, 2.75) is 42.7 Å². The molecule has 0 aromatic heterocycles. The summed E-state index contributed by atoms with van der Waals surface area (Å²) >= 11 is 0. The van der Waals surface area contributed by atoms with Crippen LogP contribution in [-0.2, 0) is 9.05 Å². The Labute approximate surface area is 90.3 Å². The van der Waals surface area contributed by atoms with Crippen LogP contribution in [0.3, 0.4) is 0 Å². The number of hydrogen-bond acceptors (Lipinski definition) is 3. The van der Waals surface area contributed by atoms with Crippen molar-refractivity contribution in [3.05, 3.63) is 0 Å². The van der Waals surface area contributed by atoms with E-state index in [2.05, 4.69) is 6.07 Å². The lowest BCUT2D eigenvalue weighted by atomic mass is 9.65. The molecular weight excluding hydrogens is 220 g/mol. The SMILES string of the molecule is BC1(C#N)CCCC(S(=O)(=O)Cl)CC1. The van der Waals surface area contributed by atoms with E-state index in [-0.39, 0.29) is 5.31 Å². The van der Waals surface area contributed by atoms with E-state index in [1.165, 1.54) is 0 Å². The first-order valence-electron chi connectivity index (χ1n) is 4.72. The molecule has 14 heavy (non-hydrogen) atoms. The van der Waals surface area contributed by atoms with E-state index < -0.39 is 14.3 Å². The molecule has 2 atom stereocenters. The predicted octanol–water partition coefficient (Wildman–Crippen LogP) is 1.20. The number of halogens is 1. The van der Waals surface area contributed by atoms with Crippen molar-refractivity contribution in [1.82, 2.24) is 0 Å². The topological polar surface area (TPSA) is 57.9 Å². The molecule has 1 aliphatic carbocycles. The van der Waals surface area contributed by atoms with Crippen molar-refractivity contribution in [3.8, 4) is 6.07 Å². The first-order valence-corrected chi connectivity index (χ1v) is 7.09. The molecule has 0 bridgehead atoms. The molecule has 3 nitrogen and oxygen atoms in total. The van der Waals surface area contributed by atoms with Gasteiger partial charge < -0.3 is 0 Å². The fraction of sp³-hybridized carbons (Fsp3) is 0.875. The summed E-state index contributed by atoms with van der Waals surface area (Å²) in [6.07, 6.45) is 3.26. The highest BCUT2D eigenvalue weighted by molar-refractivity contribution is 8.14. The Morgan fingerprint density at radius 3 is 2.57 bits per heavy atom. The molecular formula is C8H13BClNO2S. The van der Waals surface area contributed by atoms with Gasteiger partial charge >= 0.3 is 0 Å². The fourth-order valence-corrected chi connectivity index (χ4v) is 3.24. The standard InChI is InChI=1S/C8H13BClNO2S/c9-8(6-11)4-1-2-7(3-5-8)14(10,12)13/h7H,1-5,9H2. The second-order valence-corrected chi connectivity index (χ2v) is 7.11.